The molecule has 0 rings (SSSR count). The Balaban J connectivity index is 4.49. The fraction of sp³-hybridized carbons (Fsp3) is 0.917. The second-order valence-electron chi connectivity index (χ2n) is 14.0. The third-order valence-electron chi connectivity index (χ3n) is 8.24. The lowest BCUT2D eigenvalue weighted by atomic mass is 10.0. The maximum atomic E-state index is 12.7. The van der Waals surface area contributed by atoms with Gasteiger partial charge in [0.2, 0.25) is 5.91 Å². The predicted octanol–water partition coefficient (Wildman–Crippen LogP) is 9.24. The lowest BCUT2D eigenvalue weighted by molar-refractivity contribution is -0.870. The van der Waals surface area contributed by atoms with E-state index >= 15 is 0 Å². The van der Waals surface area contributed by atoms with Gasteiger partial charge >= 0.3 is 7.82 Å². The molecule has 3 atom stereocenters. The van der Waals surface area contributed by atoms with Crippen LogP contribution in [-0.4, -0.2) is 73.4 Å². The number of nitrogens with zero attached hydrogens (tertiary/aromatic N) is 1. The van der Waals surface area contributed by atoms with E-state index in [1.54, 1.807) is 0 Å². The number of allylic oxidation sites excluding steroid dienone is 2. The first-order valence-corrected chi connectivity index (χ1v) is 20.0. The molecule has 0 heterocycles. The number of aliphatic hydroxyl groups excluding tert-OH is 1. The topological polar surface area (TPSA) is 105 Å². The minimum Gasteiger partial charge on any atom is -0.391 e. The van der Waals surface area contributed by atoms with Crippen molar-refractivity contribution in [1.82, 2.24) is 5.32 Å². The molecule has 0 aromatic heterocycles. The van der Waals surface area contributed by atoms with Crippen molar-refractivity contribution >= 4 is 13.7 Å². The average molecular weight is 662 g/mol. The highest BCUT2D eigenvalue weighted by molar-refractivity contribution is 7.47. The van der Waals surface area contributed by atoms with Crippen LogP contribution in [0.1, 0.15) is 162 Å². The zero-order chi connectivity index (χ0) is 33.7. The molecule has 1 amide bonds. The second-order valence-corrected chi connectivity index (χ2v) is 15.4. The first-order chi connectivity index (χ1) is 21.5. The smallest absolute Gasteiger partial charge is 0.391 e. The van der Waals surface area contributed by atoms with Gasteiger partial charge in [-0.15, -0.1) is 0 Å². The van der Waals surface area contributed by atoms with Crippen LogP contribution < -0.4 is 5.32 Å². The number of likely N-dealkylation sites (N-methyl/N-ethyl adjacent to an activating group) is 1. The lowest BCUT2D eigenvalue weighted by Crippen LogP contribution is -2.46. The Morgan fingerprint density at radius 3 is 1.80 bits per heavy atom. The molecule has 268 valence electrons. The van der Waals surface area contributed by atoms with Crippen LogP contribution >= 0.6 is 7.82 Å². The lowest BCUT2D eigenvalue weighted by Gasteiger charge is -2.26. The van der Waals surface area contributed by atoms with Crippen molar-refractivity contribution in [3.05, 3.63) is 12.2 Å². The summed E-state index contributed by atoms with van der Waals surface area (Å²) < 4.78 is 23.5. The molecule has 0 bridgehead atoms. The van der Waals surface area contributed by atoms with Crippen molar-refractivity contribution in [1.29, 1.82) is 0 Å². The minimum absolute atomic E-state index is 0.0742. The van der Waals surface area contributed by atoms with E-state index in [4.69, 9.17) is 9.05 Å². The molecular formula is C36H74N2O6P+. The fourth-order valence-corrected chi connectivity index (χ4v) is 5.96. The van der Waals surface area contributed by atoms with E-state index in [-0.39, 0.29) is 19.1 Å². The summed E-state index contributed by atoms with van der Waals surface area (Å²) in [5.41, 5.74) is 0. The minimum atomic E-state index is -4.30. The number of phosphoric ester groups is 1. The Labute approximate surface area is 278 Å². The van der Waals surface area contributed by atoms with Gasteiger partial charge in [-0.1, -0.05) is 135 Å². The fourth-order valence-electron chi connectivity index (χ4n) is 5.22. The van der Waals surface area contributed by atoms with Crippen molar-refractivity contribution in [3.8, 4) is 0 Å². The summed E-state index contributed by atoms with van der Waals surface area (Å²) in [6.07, 6.45) is 29.4. The standard InChI is InChI=1S/C36H73N2O6P/c1-6-8-10-12-14-16-18-19-20-21-23-25-27-29-35(39)34(33-44-45(41,42)43-32-31-38(3,4)5)37-36(40)30-28-26-24-22-17-15-13-11-9-7-2/h11,13,34-35,39H,6-10,12,14-33H2,1-5H3,(H-,37,40,41,42)/p+1/b13-11-. The number of rotatable bonds is 33. The molecule has 3 unspecified atom stereocenters. The molecule has 8 nitrogen and oxygen atoms in total. The number of hydrogen-bond acceptors (Lipinski definition) is 5. The van der Waals surface area contributed by atoms with Crippen LogP contribution in [0, 0.1) is 0 Å². The maximum absolute atomic E-state index is 12.7. The molecule has 0 radical (unpaired) electrons. The molecule has 0 saturated heterocycles. The largest absolute Gasteiger partial charge is 0.472 e. The Morgan fingerprint density at radius 2 is 1.24 bits per heavy atom. The van der Waals surface area contributed by atoms with Crippen LogP contribution in [0.25, 0.3) is 0 Å². The molecule has 0 aliphatic heterocycles. The summed E-state index contributed by atoms with van der Waals surface area (Å²) in [6.45, 7) is 4.79. The Hall–Kier alpha value is -0.760. The van der Waals surface area contributed by atoms with Gasteiger partial charge in [0.1, 0.15) is 13.2 Å². The molecule has 0 aliphatic carbocycles. The number of hydrogen-bond donors (Lipinski definition) is 3. The number of phosphoric acid groups is 1. The van der Waals surface area contributed by atoms with Crippen molar-refractivity contribution in [3.63, 3.8) is 0 Å². The van der Waals surface area contributed by atoms with Crippen molar-refractivity contribution in [2.75, 3.05) is 40.9 Å². The molecule has 0 saturated carbocycles. The SMILES string of the molecule is CCC/C=C\CCCCCCCC(=O)NC(COP(=O)(O)OCC[N+](C)(C)C)C(O)CCCCCCCCCCCCCCC. The van der Waals surface area contributed by atoms with Crippen LogP contribution in [0.15, 0.2) is 12.2 Å². The van der Waals surface area contributed by atoms with Crippen LogP contribution in [0.3, 0.4) is 0 Å². The first-order valence-electron chi connectivity index (χ1n) is 18.6. The van der Waals surface area contributed by atoms with Crippen molar-refractivity contribution < 1.29 is 32.9 Å². The van der Waals surface area contributed by atoms with Gasteiger partial charge in [0.05, 0.1) is 39.9 Å². The third-order valence-corrected chi connectivity index (χ3v) is 9.23. The number of amides is 1. The number of nitrogens with one attached hydrogen (secondary N) is 1. The van der Waals surface area contributed by atoms with E-state index in [2.05, 4.69) is 31.3 Å². The number of carbonyl (C=O) groups excluding carboxylic acids is 1. The van der Waals surface area contributed by atoms with Crippen LogP contribution in [0.5, 0.6) is 0 Å². The Morgan fingerprint density at radius 1 is 0.733 bits per heavy atom. The first kappa shape index (κ1) is 44.2. The van der Waals surface area contributed by atoms with Gasteiger partial charge in [-0.2, -0.15) is 0 Å². The molecule has 9 heteroatoms. The zero-order valence-electron chi connectivity index (χ0n) is 30.1. The molecular weight excluding hydrogens is 587 g/mol. The molecule has 45 heavy (non-hydrogen) atoms. The second kappa shape index (κ2) is 29.4. The van der Waals surface area contributed by atoms with Gasteiger partial charge in [0.15, 0.2) is 0 Å². The Kier molecular flexibility index (Phi) is 28.9. The molecule has 0 aromatic rings. The normalized spacial score (nSPS) is 14.9. The summed E-state index contributed by atoms with van der Waals surface area (Å²) in [6, 6.07) is -0.757. The van der Waals surface area contributed by atoms with E-state index in [1.165, 1.54) is 77.0 Å². The molecule has 0 aromatic carbocycles. The van der Waals surface area contributed by atoms with E-state index in [0.29, 0.717) is 23.9 Å². The number of unbranched alkanes of at least 4 members (excludes halogenated alkanes) is 18. The van der Waals surface area contributed by atoms with Gasteiger partial charge in [0.25, 0.3) is 0 Å². The predicted molar refractivity (Wildman–Crippen MR) is 189 cm³/mol. The number of carbonyl (C=O) groups is 1. The van der Waals surface area contributed by atoms with Crippen LogP contribution in [0.2, 0.25) is 0 Å². The zero-order valence-corrected chi connectivity index (χ0v) is 31.0. The van der Waals surface area contributed by atoms with E-state index in [9.17, 15) is 19.4 Å². The molecule has 3 N–H and O–H groups in total. The van der Waals surface area contributed by atoms with Crippen LogP contribution in [0.4, 0.5) is 0 Å². The molecule has 0 fully saturated rings. The van der Waals surface area contributed by atoms with Crippen LogP contribution in [-0.2, 0) is 18.4 Å². The molecule has 0 aliphatic rings. The summed E-state index contributed by atoms with van der Waals surface area (Å²) >= 11 is 0. The van der Waals surface area contributed by atoms with Crippen molar-refractivity contribution in [2.45, 2.75) is 174 Å². The maximum Gasteiger partial charge on any atom is 0.472 e. The summed E-state index contributed by atoms with van der Waals surface area (Å²) in [5, 5.41) is 13.8. The van der Waals surface area contributed by atoms with Crippen molar-refractivity contribution in [2.24, 2.45) is 0 Å². The third kappa shape index (κ3) is 31.6. The van der Waals surface area contributed by atoms with E-state index in [0.717, 1.165) is 57.8 Å². The summed E-state index contributed by atoms with van der Waals surface area (Å²) in [4.78, 5) is 22.9. The monoisotopic (exact) mass is 662 g/mol. The summed E-state index contributed by atoms with van der Waals surface area (Å²) in [5.74, 6) is -0.158. The highest BCUT2D eigenvalue weighted by atomic mass is 31.2. The average Bonchev–Trinajstić information content (AvgIpc) is 2.97. The Bertz CT molecular complexity index is 758. The van der Waals surface area contributed by atoms with E-state index < -0.39 is 20.0 Å². The van der Waals surface area contributed by atoms with Gasteiger partial charge in [-0.05, 0) is 32.1 Å². The highest BCUT2D eigenvalue weighted by Crippen LogP contribution is 2.43. The molecule has 0 spiro atoms. The van der Waals surface area contributed by atoms with Gasteiger partial charge in [-0.25, -0.2) is 4.57 Å². The summed E-state index contributed by atoms with van der Waals surface area (Å²) in [7, 11) is 1.61. The highest BCUT2D eigenvalue weighted by Gasteiger charge is 2.28. The quantitative estimate of drug-likeness (QED) is 0.0280. The van der Waals surface area contributed by atoms with Gasteiger partial charge in [0, 0.05) is 6.42 Å². The number of aliphatic hydroxyl groups is 1. The van der Waals surface area contributed by atoms with Gasteiger partial charge < -0.3 is 19.8 Å². The van der Waals surface area contributed by atoms with E-state index in [1.807, 2.05) is 21.1 Å². The number of quaternary nitrogens is 1. The van der Waals surface area contributed by atoms with Gasteiger partial charge in [-0.3, -0.25) is 13.8 Å².